The monoisotopic (exact) mass is 566 g/mol. The molecular formula is C26H20F6N4O4. The topological polar surface area (TPSA) is 93.6 Å². The third-order valence-electron chi connectivity index (χ3n) is 5.64. The summed E-state index contributed by atoms with van der Waals surface area (Å²) in [5.74, 6) is -2.93. The Morgan fingerprint density at radius 1 is 0.950 bits per heavy atom. The van der Waals surface area contributed by atoms with Crippen LogP contribution in [0.15, 0.2) is 66.5 Å². The standard InChI is InChI=1S/C26H20F6N4O4/c27-25(28,29)18-6-7-21(34-15-18)39-19-4-1-3-17(14-19)13-16-8-11-36(12-9-16)24(38)35-22-20(5-2-10-33-22)40-23(37)26(30,31)32/h1-7,10,13-15H,8-9,11-12H2,(H,33,35,38). The van der Waals surface area contributed by atoms with E-state index < -0.39 is 35.7 Å². The van der Waals surface area contributed by atoms with Gasteiger partial charge in [-0.05, 0) is 48.7 Å². The summed E-state index contributed by atoms with van der Waals surface area (Å²) in [6.07, 6.45) is -4.90. The summed E-state index contributed by atoms with van der Waals surface area (Å²) in [5, 5.41) is 2.37. The van der Waals surface area contributed by atoms with Gasteiger partial charge in [-0.25, -0.2) is 19.6 Å². The number of carbonyl (C=O) groups is 2. The minimum absolute atomic E-state index is 0.00126. The van der Waals surface area contributed by atoms with Crippen LogP contribution in [0.5, 0.6) is 17.4 Å². The van der Waals surface area contributed by atoms with E-state index in [-0.39, 0.29) is 11.7 Å². The lowest BCUT2D eigenvalue weighted by Gasteiger charge is -2.28. The van der Waals surface area contributed by atoms with Crippen LogP contribution in [0.3, 0.4) is 0 Å². The molecule has 1 aromatic carbocycles. The molecule has 3 heterocycles. The Hall–Kier alpha value is -4.62. The number of rotatable bonds is 5. The predicted molar refractivity (Wildman–Crippen MR) is 129 cm³/mol. The molecule has 0 bridgehead atoms. The first-order valence-electron chi connectivity index (χ1n) is 11.7. The number of piperidine rings is 1. The largest absolute Gasteiger partial charge is 0.491 e. The van der Waals surface area contributed by atoms with Gasteiger partial charge in [0.15, 0.2) is 11.6 Å². The maximum Gasteiger partial charge on any atom is 0.491 e. The zero-order chi connectivity index (χ0) is 28.9. The Balaban J connectivity index is 1.34. The number of benzene rings is 1. The molecule has 0 radical (unpaired) electrons. The van der Waals surface area contributed by atoms with Gasteiger partial charge in [-0.3, -0.25) is 5.32 Å². The van der Waals surface area contributed by atoms with Gasteiger partial charge in [-0.1, -0.05) is 23.8 Å². The molecule has 4 rings (SSSR count). The smallest absolute Gasteiger partial charge is 0.439 e. The summed E-state index contributed by atoms with van der Waals surface area (Å²) in [6, 6.07) is 10.6. The molecule has 3 aromatic rings. The third kappa shape index (κ3) is 7.48. The van der Waals surface area contributed by atoms with Crippen molar-refractivity contribution in [1.29, 1.82) is 0 Å². The number of ether oxygens (including phenoxy) is 2. The lowest BCUT2D eigenvalue weighted by molar-refractivity contribution is -0.189. The quantitative estimate of drug-likeness (QED) is 0.281. The number of hydrogen-bond acceptors (Lipinski definition) is 6. The fourth-order valence-corrected chi connectivity index (χ4v) is 3.68. The van der Waals surface area contributed by atoms with Crippen molar-refractivity contribution in [2.45, 2.75) is 25.2 Å². The lowest BCUT2D eigenvalue weighted by Crippen LogP contribution is -2.39. The second-order valence-electron chi connectivity index (χ2n) is 8.51. The number of hydrogen-bond donors (Lipinski definition) is 1. The molecule has 1 saturated heterocycles. The molecule has 2 aromatic heterocycles. The van der Waals surface area contributed by atoms with Crippen LogP contribution in [0.4, 0.5) is 37.0 Å². The van der Waals surface area contributed by atoms with Crippen molar-refractivity contribution in [2.24, 2.45) is 0 Å². The number of aromatic nitrogens is 2. The van der Waals surface area contributed by atoms with E-state index >= 15 is 0 Å². The predicted octanol–water partition coefficient (Wildman–Crippen LogP) is 6.47. The fourth-order valence-electron chi connectivity index (χ4n) is 3.68. The van der Waals surface area contributed by atoms with Gasteiger partial charge < -0.3 is 14.4 Å². The van der Waals surface area contributed by atoms with Gasteiger partial charge in [-0.15, -0.1) is 0 Å². The highest BCUT2D eigenvalue weighted by Gasteiger charge is 2.42. The van der Waals surface area contributed by atoms with Gasteiger partial charge in [0.05, 0.1) is 5.56 Å². The lowest BCUT2D eigenvalue weighted by atomic mass is 10.0. The maximum absolute atomic E-state index is 12.7. The second-order valence-corrected chi connectivity index (χ2v) is 8.51. The molecule has 1 fully saturated rings. The van der Waals surface area contributed by atoms with E-state index in [1.807, 2.05) is 12.1 Å². The van der Waals surface area contributed by atoms with Crippen LogP contribution in [0.2, 0.25) is 0 Å². The van der Waals surface area contributed by atoms with Crippen molar-refractivity contribution >= 4 is 23.9 Å². The zero-order valence-electron chi connectivity index (χ0n) is 20.4. The third-order valence-corrected chi connectivity index (χ3v) is 5.64. The van der Waals surface area contributed by atoms with E-state index in [0.29, 0.717) is 37.9 Å². The van der Waals surface area contributed by atoms with Gasteiger partial charge in [0.25, 0.3) is 0 Å². The zero-order valence-corrected chi connectivity index (χ0v) is 20.4. The number of esters is 1. The molecule has 40 heavy (non-hydrogen) atoms. The normalized spacial score (nSPS) is 13.9. The van der Waals surface area contributed by atoms with Crippen molar-refractivity contribution in [3.8, 4) is 17.4 Å². The van der Waals surface area contributed by atoms with Crippen LogP contribution in [0.1, 0.15) is 24.0 Å². The van der Waals surface area contributed by atoms with Crippen LogP contribution in [-0.2, 0) is 11.0 Å². The molecule has 1 N–H and O–H groups in total. The Kier molecular flexibility index (Phi) is 8.26. The van der Waals surface area contributed by atoms with Crippen LogP contribution >= 0.6 is 0 Å². The van der Waals surface area contributed by atoms with Crippen LogP contribution in [-0.4, -0.2) is 46.1 Å². The number of halogens is 6. The van der Waals surface area contributed by atoms with E-state index in [9.17, 15) is 35.9 Å². The van der Waals surface area contributed by atoms with E-state index in [1.54, 1.807) is 18.2 Å². The van der Waals surface area contributed by atoms with Crippen LogP contribution in [0, 0.1) is 0 Å². The molecule has 2 amide bonds. The highest BCUT2D eigenvalue weighted by Crippen LogP contribution is 2.31. The SMILES string of the molecule is O=C(Nc1ncccc1OC(=O)C(F)(F)F)N1CCC(=Cc2cccc(Oc3ccc(C(F)(F)F)cn3)c2)CC1. The van der Waals surface area contributed by atoms with Gasteiger partial charge in [0.2, 0.25) is 5.88 Å². The highest BCUT2D eigenvalue weighted by molar-refractivity contribution is 5.90. The Morgan fingerprint density at radius 3 is 2.35 bits per heavy atom. The average molecular weight is 566 g/mol. The first kappa shape index (κ1) is 28.4. The maximum atomic E-state index is 12.7. The van der Waals surface area contributed by atoms with E-state index in [0.717, 1.165) is 29.3 Å². The van der Waals surface area contributed by atoms with Gasteiger partial charge in [0.1, 0.15) is 5.75 Å². The number of carbonyl (C=O) groups excluding carboxylic acids is 2. The molecule has 0 saturated carbocycles. The van der Waals surface area contributed by atoms with Crippen molar-refractivity contribution < 1.29 is 45.4 Å². The molecule has 14 heteroatoms. The first-order valence-corrected chi connectivity index (χ1v) is 11.7. The average Bonchev–Trinajstić information content (AvgIpc) is 2.89. The van der Waals surface area contributed by atoms with Crippen molar-refractivity contribution in [1.82, 2.24) is 14.9 Å². The first-order chi connectivity index (χ1) is 18.9. The van der Waals surface area contributed by atoms with Gasteiger partial charge in [0, 0.05) is 31.5 Å². The summed E-state index contributed by atoms with van der Waals surface area (Å²) in [4.78, 5) is 32.8. The Bertz CT molecular complexity index is 1400. The number of likely N-dealkylation sites (tertiary alicyclic amines) is 1. The molecule has 0 spiro atoms. The minimum atomic E-state index is -5.21. The Labute approximate surface area is 223 Å². The van der Waals surface area contributed by atoms with E-state index in [1.165, 1.54) is 17.2 Å². The summed E-state index contributed by atoms with van der Waals surface area (Å²) < 4.78 is 85.7. The number of pyridine rings is 2. The Morgan fingerprint density at radius 2 is 1.70 bits per heavy atom. The summed E-state index contributed by atoms with van der Waals surface area (Å²) in [5.41, 5.74) is 0.886. The van der Waals surface area contributed by atoms with Crippen molar-refractivity contribution in [3.63, 3.8) is 0 Å². The number of anilines is 1. The molecule has 210 valence electrons. The number of nitrogens with one attached hydrogen (secondary N) is 1. The van der Waals surface area contributed by atoms with Crippen molar-refractivity contribution in [3.05, 3.63) is 77.6 Å². The molecule has 0 atom stereocenters. The highest BCUT2D eigenvalue weighted by atomic mass is 19.4. The van der Waals surface area contributed by atoms with Crippen molar-refractivity contribution in [2.75, 3.05) is 18.4 Å². The van der Waals surface area contributed by atoms with Gasteiger partial charge >= 0.3 is 24.4 Å². The molecule has 0 aliphatic carbocycles. The molecule has 1 aliphatic rings. The summed E-state index contributed by atoms with van der Waals surface area (Å²) >= 11 is 0. The number of alkyl halides is 6. The minimum Gasteiger partial charge on any atom is -0.439 e. The van der Waals surface area contributed by atoms with Gasteiger partial charge in [-0.2, -0.15) is 26.3 Å². The number of amides is 2. The molecule has 1 aliphatic heterocycles. The van der Waals surface area contributed by atoms with E-state index in [4.69, 9.17) is 4.74 Å². The fraction of sp³-hybridized carbons (Fsp3) is 0.231. The van der Waals surface area contributed by atoms with E-state index in [2.05, 4.69) is 20.0 Å². The number of nitrogens with zero attached hydrogens (tertiary/aromatic N) is 3. The molecule has 0 unspecified atom stereocenters. The second kappa shape index (κ2) is 11.6. The molecule has 8 nitrogen and oxygen atoms in total. The van der Waals surface area contributed by atoms with Crippen LogP contribution in [0.25, 0.3) is 6.08 Å². The van der Waals surface area contributed by atoms with Crippen LogP contribution < -0.4 is 14.8 Å². The molecular weight excluding hydrogens is 546 g/mol. The summed E-state index contributed by atoms with van der Waals surface area (Å²) in [6.45, 7) is 0.599. The summed E-state index contributed by atoms with van der Waals surface area (Å²) in [7, 11) is 0. The number of urea groups is 1.